The van der Waals surface area contributed by atoms with Crippen LogP contribution in [-0.4, -0.2) is 36.8 Å². The van der Waals surface area contributed by atoms with Crippen molar-refractivity contribution in [3.8, 4) is 0 Å². The Morgan fingerprint density at radius 3 is 2.49 bits per heavy atom. The number of rotatable bonds is 6. The number of ether oxygens (including phenoxy) is 1. The zero-order valence-corrected chi connectivity index (χ0v) is 21.3. The molecule has 37 heavy (non-hydrogen) atoms. The number of carbonyl (C=O) groups is 1. The lowest BCUT2D eigenvalue weighted by Gasteiger charge is -2.36. The lowest BCUT2D eigenvalue weighted by Crippen LogP contribution is -2.43. The summed E-state index contributed by atoms with van der Waals surface area (Å²) in [4.78, 5) is 18.3. The number of sulfonamides is 1. The van der Waals surface area contributed by atoms with Crippen molar-refractivity contribution < 1.29 is 22.3 Å². The second-order valence-corrected chi connectivity index (χ2v) is 10.9. The van der Waals surface area contributed by atoms with Crippen molar-refractivity contribution in [1.82, 2.24) is 9.42 Å². The van der Waals surface area contributed by atoms with Crippen LogP contribution in [0.3, 0.4) is 0 Å². The summed E-state index contributed by atoms with van der Waals surface area (Å²) < 4.78 is 49.2. The molecule has 5 rings (SSSR count). The first-order valence-electron chi connectivity index (χ1n) is 11.8. The molecule has 2 heterocycles. The van der Waals surface area contributed by atoms with E-state index >= 15 is 0 Å². The molecule has 0 unspecified atom stereocenters. The number of nitrogens with zero attached hydrogens (tertiary/aromatic N) is 3. The first-order valence-corrected chi connectivity index (χ1v) is 13.3. The van der Waals surface area contributed by atoms with E-state index in [1.54, 1.807) is 19.1 Å². The average Bonchev–Trinajstić information content (AvgIpc) is 3.14. The van der Waals surface area contributed by atoms with Crippen LogP contribution in [0.2, 0.25) is 0 Å². The molecular weight excluding hydrogens is 493 g/mol. The van der Waals surface area contributed by atoms with Gasteiger partial charge < -0.3 is 4.74 Å². The molecule has 1 saturated heterocycles. The van der Waals surface area contributed by atoms with Gasteiger partial charge in [0.1, 0.15) is 23.6 Å². The maximum absolute atomic E-state index is 14.6. The van der Waals surface area contributed by atoms with Gasteiger partial charge in [-0.2, -0.15) is 12.8 Å². The quantitative estimate of drug-likeness (QED) is 0.425. The van der Waals surface area contributed by atoms with E-state index in [1.807, 2.05) is 37.3 Å². The predicted octanol–water partition coefficient (Wildman–Crippen LogP) is 5.08. The molecule has 3 aromatic carbocycles. The summed E-state index contributed by atoms with van der Waals surface area (Å²) >= 11 is 0. The van der Waals surface area contributed by atoms with Crippen molar-refractivity contribution in [1.29, 1.82) is 0 Å². The topological polar surface area (TPSA) is 79.3 Å². The number of hydrazine groups is 1. The first-order chi connectivity index (χ1) is 17.7. The molecule has 1 fully saturated rings. The Labute approximate surface area is 215 Å². The van der Waals surface area contributed by atoms with Crippen LogP contribution < -0.4 is 0 Å². The molecule has 0 spiro atoms. The van der Waals surface area contributed by atoms with Crippen LogP contribution >= 0.6 is 0 Å². The summed E-state index contributed by atoms with van der Waals surface area (Å²) in [5.41, 5.74) is 0.881. The van der Waals surface area contributed by atoms with Gasteiger partial charge in [-0.15, -0.1) is 0 Å². The highest BCUT2D eigenvalue weighted by Gasteiger charge is 2.64. The Balaban J connectivity index is 1.78. The summed E-state index contributed by atoms with van der Waals surface area (Å²) in [5, 5.41) is 1.36. The molecular formula is C28H26FN3O4S. The minimum absolute atomic E-state index is 0.00365. The molecule has 2 aliphatic heterocycles. The van der Waals surface area contributed by atoms with E-state index in [2.05, 4.69) is 11.6 Å². The number of aliphatic imine (C=N–C) groups is 1. The standard InChI is InChI=1S/C28H26FN3O4S/c1-4-36-27(33)28(17-21-8-6-5-7-9-21)20(3)32(37(34,35)23-13-10-19(2)11-14-23)31-18-30-25-15-12-22(29)16-24(25)26(28)31/h5-16,18,26H,3-4,17H2,1-2H3/t26-,28-/m1/s1. The van der Waals surface area contributed by atoms with Crippen molar-refractivity contribution in [2.45, 2.75) is 31.2 Å². The number of hydrogen-bond donors (Lipinski definition) is 0. The second kappa shape index (κ2) is 9.15. The van der Waals surface area contributed by atoms with Crippen LogP contribution in [0, 0.1) is 18.2 Å². The molecule has 190 valence electrons. The number of fused-ring (bicyclic) bond motifs is 3. The fourth-order valence-electron chi connectivity index (χ4n) is 5.06. The first kappa shape index (κ1) is 24.7. The zero-order valence-electron chi connectivity index (χ0n) is 20.5. The molecule has 2 atom stereocenters. The number of aryl methyl sites for hydroxylation is 1. The number of halogens is 1. The third kappa shape index (κ3) is 3.90. The number of benzene rings is 3. The van der Waals surface area contributed by atoms with Gasteiger partial charge in [0.25, 0.3) is 10.0 Å². The Kier molecular flexibility index (Phi) is 6.11. The highest BCUT2D eigenvalue weighted by molar-refractivity contribution is 7.89. The average molecular weight is 520 g/mol. The number of hydrogen-bond acceptors (Lipinski definition) is 6. The van der Waals surface area contributed by atoms with E-state index in [0.717, 1.165) is 15.5 Å². The Bertz CT molecular complexity index is 1510. The summed E-state index contributed by atoms with van der Waals surface area (Å²) in [6.07, 6.45) is 1.43. The van der Waals surface area contributed by atoms with E-state index in [4.69, 9.17) is 4.74 Å². The molecule has 0 saturated carbocycles. The van der Waals surface area contributed by atoms with Gasteiger partial charge in [-0.3, -0.25) is 9.80 Å². The van der Waals surface area contributed by atoms with Gasteiger partial charge in [0.15, 0.2) is 0 Å². The summed E-state index contributed by atoms with van der Waals surface area (Å²) in [5.74, 6) is -1.18. The predicted molar refractivity (Wildman–Crippen MR) is 138 cm³/mol. The summed E-state index contributed by atoms with van der Waals surface area (Å²) in [6.45, 7) is 7.78. The Hall–Kier alpha value is -3.98. The zero-order chi connectivity index (χ0) is 26.4. The van der Waals surface area contributed by atoms with E-state index in [-0.39, 0.29) is 23.6 Å². The lowest BCUT2D eigenvalue weighted by atomic mass is 9.71. The van der Waals surface area contributed by atoms with Crippen LogP contribution in [0.5, 0.6) is 0 Å². The van der Waals surface area contributed by atoms with Crippen LogP contribution in [-0.2, 0) is 26.0 Å². The largest absolute Gasteiger partial charge is 0.465 e. The van der Waals surface area contributed by atoms with Crippen LogP contribution in [0.1, 0.15) is 29.7 Å². The summed E-state index contributed by atoms with van der Waals surface area (Å²) in [7, 11) is -4.23. The smallest absolute Gasteiger partial charge is 0.321 e. The van der Waals surface area contributed by atoms with E-state index in [9.17, 15) is 17.6 Å². The van der Waals surface area contributed by atoms with Crippen LogP contribution in [0.15, 0.2) is 95.0 Å². The fraction of sp³-hybridized carbons (Fsp3) is 0.214. The van der Waals surface area contributed by atoms with Crippen LogP contribution in [0.25, 0.3) is 0 Å². The van der Waals surface area contributed by atoms with Gasteiger partial charge in [0.2, 0.25) is 0 Å². The third-order valence-electron chi connectivity index (χ3n) is 6.80. The molecule has 0 amide bonds. The van der Waals surface area contributed by atoms with E-state index in [0.29, 0.717) is 11.3 Å². The third-order valence-corrected chi connectivity index (χ3v) is 8.53. The molecule has 9 heteroatoms. The van der Waals surface area contributed by atoms with Gasteiger partial charge in [-0.05, 0) is 56.2 Å². The molecule has 0 aliphatic carbocycles. The second-order valence-electron chi connectivity index (χ2n) is 9.09. The minimum Gasteiger partial charge on any atom is -0.465 e. The molecule has 0 radical (unpaired) electrons. The van der Waals surface area contributed by atoms with E-state index in [1.165, 1.54) is 41.7 Å². The fourth-order valence-corrected chi connectivity index (χ4v) is 6.58. The van der Waals surface area contributed by atoms with Crippen molar-refractivity contribution >= 4 is 28.0 Å². The molecule has 2 aliphatic rings. The van der Waals surface area contributed by atoms with Crippen LogP contribution in [0.4, 0.5) is 10.1 Å². The molecule has 0 aromatic heterocycles. The number of esters is 1. The highest BCUT2D eigenvalue weighted by Crippen LogP contribution is 2.58. The maximum atomic E-state index is 14.6. The van der Waals surface area contributed by atoms with Crippen molar-refractivity contribution in [3.63, 3.8) is 0 Å². The minimum atomic E-state index is -4.23. The monoisotopic (exact) mass is 519 g/mol. The van der Waals surface area contributed by atoms with Gasteiger partial charge in [0.05, 0.1) is 22.9 Å². The van der Waals surface area contributed by atoms with Gasteiger partial charge >= 0.3 is 5.97 Å². The lowest BCUT2D eigenvalue weighted by molar-refractivity contribution is -0.154. The Morgan fingerprint density at radius 1 is 1.11 bits per heavy atom. The Morgan fingerprint density at radius 2 is 1.81 bits per heavy atom. The maximum Gasteiger partial charge on any atom is 0.321 e. The normalized spacial score (nSPS) is 20.5. The van der Waals surface area contributed by atoms with E-state index < -0.39 is 33.3 Å². The number of carbonyl (C=O) groups excluding carboxylic acids is 1. The van der Waals surface area contributed by atoms with Gasteiger partial charge in [0, 0.05) is 5.56 Å². The SMILES string of the molecule is C=C1N(S(=O)(=O)c2ccc(C)cc2)N2C=Nc3ccc(F)cc3[C@@H]2[C@]1(Cc1ccccc1)C(=O)OCC. The molecule has 0 bridgehead atoms. The van der Waals surface area contributed by atoms with Crippen molar-refractivity contribution in [2.75, 3.05) is 6.61 Å². The van der Waals surface area contributed by atoms with Gasteiger partial charge in [-0.25, -0.2) is 9.38 Å². The van der Waals surface area contributed by atoms with Crippen molar-refractivity contribution in [2.24, 2.45) is 10.4 Å². The highest BCUT2D eigenvalue weighted by atomic mass is 32.2. The van der Waals surface area contributed by atoms with Crippen molar-refractivity contribution in [3.05, 3.63) is 108 Å². The summed E-state index contributed by atoms with van der Waals surface area (Å²) in [6, 6.07) is 18.7. The van der Waals surface area contributed by atoms with Gasteiger partial charge in [-0.1, -0.05) is 54.6 Å². The molecule has 3 aromatic rings. The molecule has 0 N–H and O–H groups in total. The molecule has 7 nitrogen and oxygen atoms in total.